The quantitative estimate of drug-likeness (QED) is 0.167. The summed E-state index contributed by atoms with van der Waals surface area (Å²) >= 11 is 0. The number of anilines is 2. The Bertz CT molecular complexity index is 2120. The number of piperazine rings is 1. The van der Waals surface area contributed by atoms with E-state index in [9.17, 15) is 23.2 Å². The van der Waals surface area contributed by atoms with Crippen LogP contribution >= 0.6 is 0 Å². The van der Waals surface area contributed by atoms with E-state index in [1.54, 1.807) is 17.1 Å². The molecule has 0 unspecified atom stereocenters. The smallest absolute Gasteiger partial charge is 0.410 e. The number of ketones is 1. The number of benzene rings is 1. The van der Waals surface area contributed by atoms with Crippen LogP contribution in [0.5, 0.6) is 0 Å². The largest absolute Gasteiger partial charge is 0.444 e. The number of amides is 2. The van der Waals surface area contributed by atoms with Crippen molar-refractivity contribution in [2.24, 2.45) is 11.3 Å². The molecule has 4 aliphatic rings. The van der Waals surface area contributed by atoms with E-state index in [0.29, 0.717) is 61.1 Å². The summed E-state index contributed by atoms with van der Waals surface area (Å²) in [5.41, 5.74) is 0.569. The molecule has 14 nitrogen and oxygen atoms in total. The van der Waals surface area contributed by atoms with Gasteiger partial charge < -0.3 is 24.8 Å². The Hall–Kier alpha value is -4.96. The Balaban J connectivity index is 0.822. The first-order valence-corrected chi connectivity index (χ1v) is 21.6. The Morgan fingerprint density at radius 3 is 2.25 bits per heavy atom. The van der Waals surface area contributed by atoms with Crippen LogP contribution in [0.25, 0.3) is 5.65 Å². The molecule has 4 aromatic rings. The number of hydrogen-bond acceptors (Lipinski definition) is 10. The van der Waals surface area contributed by atoms with E-state index < -0.39 is 23.6 Å². The maximum absolute atomic E-state index is 14.4. The molecule has 0 radical (unpaired) electrons. The number of hydrogen-bond donors (Lipinski definition) is 1. The Kier molecular flexibility index (Phi) is 12.2. The fourth-order valence-electron chi connectivity index (χ4n) is 9.48. The van der Waals surface area contributed by atoms with Crippen molar-refractivity contribution < 1.29 is 27.9 Å². The van der Waals surface area contributed by atoms with Gasteiger partial charge in [-0.25, -0.2) is 23.1 Å². The molecule has 0 atom stereocenters. The van der Waals surface area contributed by atoms with E-state index >= 15 is 0 Å². The predicted molar refractivity (Wildman–Crippen MR) is 224 cm³/mol. The van der Waals surface area contributed by atoms with Gasteiger partial charge in [-0.15, -0.1) is 0 Å². The third kappa shape index (κ3) is 9.64. The van der Waals surface area contributed by atoms with Crippen molar-refractivity contribution in [2.45, 2.75) is 90.2 Å². The average molecular weight is 829 g/mol. The number of ether oxygens (including phenoxy) is 1. The molecule has 3 saturated heterocycles. The molecule has 3 aliphatic heterocycles. The minimum Gasteiger partial charge on any atom is -0.444 e. The molecular weight excluding hydrogens is 771 g/mol. The zero-order valence-electron chi connectivity index (χ0n) is 35.1. The number of carbonyl (C=O) groups is 3. The van der Waals surface area contributed by atoms with Gasteiger partial charge in [0.15, 0.2) is 17.1 Å². The molecule has 2 amide bonds. The third-order valence-electron chi connectivity index (χ3n) is 13.1. The fraction of sp³-hybridized carbons (Fsp3) is 0.591. The minimum absolute atomic E-state index is 0.0119. The monoisotopic (exact) mass is 828 g/mol. The lowest BCUT2D eigenvalue weighted by Gasteiger charge is -2.46. The lowest BCUT2D eigenvalue weighted by atomic mass is 9.65. The fourth-order valence-corrected chi connectivity index (χ4v) is 9.48. The van der Waals surface area contributed by atoms with Gasteiger partial charge in [-0.2, -0.15) is 10.2 Å². The van der Waals surface area contributed by atoms with E-state index in [0.717, 1.165) is 58.4 Å². The average Bonchev–Trinajstić information content (AvgIpc) is 3.87. The Morgan fingerprint density at radius 2 is 1.58 bits per heavy atom. The molecule has 0 bridgehead atoms. The zero-order valence-corrected chi connectivity index (χ0v) is 35.1. The number of halogens is 2. The number of nitrogens with zero attached hydrogens (tertiary/aromatic N) is 9. The number of fused-ring (bicyclic) bond motifs is 1. The van der Waals surface area contributed by atoms with Crippen molar-refractivity contribution in [3.8, 4) is 0 Å². The molecule has 60 heavy (non-hydrogen) atoms. The molecular formula is C44H58F2N10O4. The van der Waals surface area contributed by atoms with Crippen LogP contribution in [-0.4, -0.2) is 128 Å². The first-order chi connectivity index (χ1) is 28.8. The van der Waals surface area contributed by atoms with E-state index in [4.69, 9.17) is 9.72 Å². The minimum atomic E-state index is -2.86. The number of carbonyl (C=O) groups excluding carboxylic acids is 3. The first-order valence-electron chi connectivity index (χ1n) is 21.6. The number of rotatable bonds is 10. The van der Waals surface area contributed by atoms with Gasteiger partial charge in [-0.3, -0.25) is 19.2 Å². The molecule has 1 N–H and O–H groups in total. The van der Waals surface area contributed by atoms with Gasteiger partial charge in [0.25, 0.3) is 12.3 Å². The Morgan fingerprint density at radius 1 is 0.883 bits per heavy atom. The molecule has 1 saturated carbocycles. The summed E-state index contributed by atoms with van der Waals surface area (Å²) in [5, 5.41) is 11.3. The summed E-state index contributed by atoms with van der Waals surface area (Å²) in [6, 6.07) is 11.1. The summed E-state index contributed by atoms with van der Waals surface area (Å²) in [6.45, 7) is 13.0. The molecule has 1 aromatic carbocycles. The lowest BCUT2D eigenvalue weighted by Crippen LogP contribution is -2.48. The SMILES string of the molecule is CC(C)(C)OC(=O)N1CCC2(CCC(CN3CCC(n4cc(NC(=O)c5cnn6ccc(N7CCN(CC(=O)c8ccccc8)CC7)nc56)c(C(F)F)n4)CC3)CC2)CC1. The summed E-state index contributed by atoms with van der Waals surface area (Å²) in [5.74, 6) is 0.799. The second-order valence-corrected chi connectivity index (χ2v) is 18.3. The van der Waals surface area contributed by atoms with Gasteiger partial charge in [-0.1, -0.05) is 30.3 Å². The predicted octanol–water partition coefficient (Wildman–Crippen LogP) is 6.97. The highest BCUT2D eigenvalue weighted by atomic mass is 19.3. The van der Waals surface area contributed by atoms with E-state index in [-0.39, 0.29) is 29.2 Å². The summed E-state index contributed by atoms with van der Waals surface area (Å²) in [6.07, 6.45) is 10.0. The standard InChI is InChI=1S/C44H58F2N10O4/c1-43(2,3)60-42(59)54-21-16-44(17-22-54)14-9-31(10-15-44)28-51-18-11-33(12-19-51)56-29-35(38(50-56)39(45)46)48-41(58)34-27-47-55-20-13-37(49-40(34)55)53-25-23-52(24-26-53)30-36(57)32-7-5-4-6-8-32/h4-8,13,20,27,29,31,33,39H,9-12,14-19,21-26,28,30H2,1-3H3,(H,48,58). The lowest BCUT2D eigenvalue weighted by molar-refractivity contribution is -0.000385. The van der Waals surface area contributed by atoms with Crippen LogP contribution in [0.1, 0.15) is 111 Å². The second kappa shape index (κ2) is 17.6. The highest BCUT2D eigenvalue weighted by Crippen LogP contribution is 2.47. The number of piperidine rings is 2. The second-order valence-electron chi connectivity index (χ2n) is 18.3. The molecule has 322 valence electrons. The van der Waals surface area contributed by atoms with Crippen molar-refractivity contribution in [3.05, 3.63) is 71.8 Å². The van der Waals surface area contributed by atoms with Gasteiger partial charge in [0, 0.05) is 76.9 Å². The highest BCUT2D eigenvalue weighted by molar-refractivity contribution is 6.08. The van der Waals surface area contributed by atoms with Gasteiger partial charge >= 0.3 is 6.09 Å². The number of aromatic nitrogens is 5. The van der Waals surface area contributed by atoms with Gasteiger partial charge in [0.2, 0.25) is 0 Å². The zero-order chi connectivity index (χ0) is 42.0. The maximum Gasteiger partial charge on any atom is 0.410 e. The number of likely N-dealkylation sites (tertiary alicyclic amines) is 2. The van der Waals surface area contributed by atoms with Crippen LogP contribution in [0.3, 0.4) is 0 Å². The van der Waals surface area contributed by atoms with Crippen LogP contribution in [-0.2, 0) is 4.74 Å². The molecule has 3 aromatic heterocycles. The molecule has 4 fully saturated rings. The van der Waals surface area contributed by atoms with Crippen LogP contribution < -0.4 is 10.2 Å². The molecule has 16 heteroatoms. The van der Waals surface area contributed by atoms with E-state index in [2.05, 4.69) is 30.2 Å². The van der Waals surface area contributed by atoms with Crippen LogP contribution in [0, 0.1) is 11.3 Å². The normalized spacial score (nSPS) is 20.0. The summed E-state index contributed by atoms with van der Waals surface area (Å²) < 4.78 is 37.4. The van der Waals surface area contributed by atoms with Crippen molar-refractivity contribution in [1.29, 1.82) is 0 Å². The summed E-state index contributed by atoms with van der Waals surface area (Å²) in [4.78, 5) is 52.3. The molecule has 6 heterocycles. The first kappa shape index (κ1) is 41.8. The van der Waals surface area contributed by atoms with Crippen molar-refractivity contribution in [2.75, 3.05) is 75.7 Å². The number of nitrogens with one attached hydrogen (secondary N) is 1. The highest BCUT2D eigenvalue weighted by Gasteiger charge is 2.40. The molecule has 1 spiro atoms. The van der Waals surface area contributed by atoms with Gasteiger partial charge in [0.05, 0.1) is 24.5 Å². The van der Waals surface area contributed by atoms with Crippen LogP contribution in [0.4, 0.5) is 25.1 Å². The van der Waals surface area contributed by atoms with E-state index in [1.807, 2.05) is 62.1 Å². The van der Waals surface area contributed by atoms with Crippen LogP contribution in [0.15, 0.2) is 55.0 Å². The molecule has 8 rings (SSSR count). The summed E-state index contributed by atoms with van der Waals surface area (Å²) in [7, 11) is 0. The van der Waals surface area contributed by atoms with Crippen LogP contribution in [0.2, 0.25) is 0 Å². The van der Waals surface area contributed by atoms with Crippen molar-refractivity contribution in [1.82, 2.24) is 39.1 Å². The van der Waals surface area contributed by atoms with Gasteiger partial charge in [-0.05, 0) is 89.5 Å². The van der Waals surface area contributed by atoms with Gasteiger partial charge in [0.1, 0.15) is 17.0 Å². The third-order valence-corrected chi connectivity index (χ3v) is 13.1. The molecule has 1 aliphatic carbocycles. The van der Waals surface area contributed by atoms with Crippen molar-refractivity contribution in [3.63, 3.8) is 0 Å². The number of alkyl halides is 2. The topological polar surface area (TPSA) is 133 Å². The van der Waals surface area contributed by atoms with Crippen molar-refractivity contribution >= 4 is 34.9 Å². The maximum atomic E-state index is 14.4. The number of Topliss-reactive ketones (excluding diaryl/α,β-unsaturated/α-hetero) is 1. The van der Waals surface area contributed by atoms with E-state index in [1.165, 1.54) is 36.4 Å². The Labute approximate surface area is 350 Å².